The van der Waals surface area contributed by atoms with E-state index in [9.17, 15) is 10.2 Å². The molecule has 2 N–H and O–H groups in total. The Bertz CT molecular complexity index is 763. The number of phenols is 2. The van der Waals surface area contributed by atoms with Crippen LogP contribution < -0.4 is 0 Å². The maximum absolute atomic E-state index is 9.68. The third-order valence-electron chi connectivity index (χ3n) is 2.47. The maximum atomic E-state index is 9.68. The second-order valence-corrected chi connectivity index (χ2v) is 4.07. The quantitative estimate of drug-likeness (QED) is 0.838. The number of hydrogen-bond donors (Lipinski definition) is 2. The smallest absolute Gasteiger partial charge is 0.115 e. The van der Waals surface area contributed by atoms with Gasteiger partial charge in [-0.1, -0.05) is 38.0 Å². The lowest BCUT2D eigenvalue weighted by atomic mass is 9.78. The summed E-state index contributed by atoms with van der Waals surface area (Å²) in [4.78, 5) is 0. The maximum Gasteiger partial charge on any atom is 0.115 e. The summed E-state index contributed by atoms with van der Waals surface area (Å²) >= 11 is 0. The minimum absolute atomic E-state index is 0.174. The van der Waals surface area contributed by atoms with Crippen molar-refractivity contribution in [3.05, 3.63) is 59.5 Å². The van der Waals surface area contributed by atoms with Gasteiger partial charge in [0.15, 0.2) is 0 Å². The Balaban J connectivity index is 2.96. The molecule has 0 amide bonds. The molecular formula is C15H16O2. The Morgan fingerprint density at radius 3 is 1.35 bits per heavy atom. The molecule has 0 aliphatic carbocycles. The molecule has 0 fully saturated rings. The molecule has 0 spiro atoms. The highest BCUT2D eigenvalue weighted by Gasteiger charge is 2.22. The van der Waals surface area contributed by atoms with Crippen LogP contribution in [-0.2, 0) is 5.41 Å². The van der Waals surface area contributed by atoms with Crippen LogP contribution in [0.1, 0.15) is 35.9 Å². The molecule has 2 rings (SSSR count). The van der Waals surface area contributed by atoms with Crippen LogP contribution in [0.5, 0.6) is 11.5 Å². The van der Waals surface area contributed by atoms with Gasteiger partial charge >= 0.3 is 0 Å². The van der Waals surface area contributed by atoms with E-state index in [1.165, 1.54) is 13.8 Å². The zero-order valence-electron chi connectivity index (χ0n) is 17.4. The van der Waals surface area contributed by atoms with Gasteiger partial charge in [0, 0.05) is 5.41 Å². The molecule has 0 aliphatic heterocycles. The summed E-state index contributed by atoms with van der Waals surface area (Å²) in [6, 6.07) is -4.75. The Kier molecular flexibility index (Phi) is 1.25. The Hall–Kier alpha value is -1.96. The molecule has 17 heavy (non-hydrogen) atoms. The van der Waals surface area contributed by atoms with E-state index in [1.807, 2.05) is 0 Å². The van der Waals surface area contributed by atoms with E-state index in [2.05, 4.69) is 0 Å². The molecule has 2 heteroatoms. The zero-order chi connectivity index (χ0) is 19.4. The average molecular weight is 236 g/mol. The number of benzene rings is 2. The molecule has 2 aromatic rings. The molecule has 0 aliphatic rings. The highest BCUT2D eigenvalue weighted by molar-refractivity contribution is 5.41. The van der Waals surface area contributed by atoms with Crippen LogP contribution in [0.4, 0.5) is 0 Å². The van der Waals surface area contributed by atoms with Crippen molar-refractivity contribution in [3.8, 4) is 11.5 Å². The van der Waals surface area contributed by atoms with Crippen molar-refractivity contribution in [1.29, 1.82) is 0 Å². The minimum atomic E-state index is -1.46. The summed E-state index contributed by atoms with van der Waals surface area (Å²) in [6.45, 7) is 2.88. The summed E-state index contributed by atoms with van der Waals surface area (Å²) in [5.74, 6) is -1.61. The number of rotatable bonds is 2. The van der Waals surface area contributed by atoms with Gasteiger partial charge in [-0.2, -0.15) is 0 Å². The number of hydrogen-bond acceptors (Lipinski definition) is 2. The third kappa shape index (κ3) is 2.26. The van der Waals surface area contributed by atoms with Crippen molar-refractivity contribution in [2.75, 3.05) is 0 Å². The van der Waals surface area contributed by atoms with Crippen molar-refractivity contribution in [2.24, 2.45) is 0 Å². The van der Waals surface area contributed by atoms with Crippen molar-refractivity contribution in [2.45, 2.75) is 19.3 Å². The lowest BCUT2D eigenvalue weighted by molar-refractivity contribution is 0.474. The first-order valence-electron chi connectivity index (χ1n) is 8.95. The average Bonchev–Trinajstić information content (AvgIpc) is 2.54. The summed E-state index contributed by atoms with van der Waals surface area (Å²) in [5.41, 5.74) is -1.81. The first-order valence-corrected chi connectivity index (χ1v) is 4.95. The lowest BCUT2D eigenvalue weighted by Crippen LogP contribution is -2.18. The molecule has 0 radical (unpaired) electrons. The van der Waals surface area contributed by atoms with Crippen molar-refractivity contribution in [3.63, 3.8) is 0 Å². The lowest BCUT2D eigenvalue weighted by Gasteiger charge is -2.26. The summed E-state index contributed by atoms with van der Waals surface area (Å²) in [5, 5.41) is 19.4. The van der Waals surface area contributed by atoms with E-state index in [0.717, 1.165) is 0 Å². The third-order valence-corrected chi connectivity index (χ3v) is 2.47. The first-order chi connectivity index (χ1) is 11.4. The second-order valence-electron chi connectivity index (χ2n) is 4.07. The van der Waals surface area contributed by atoms with Crippen LogP contribution in [0.25, 0.3) is 0 Å². The molecular weight excluding hydrogens is 212 g/mol. The van der Waals surface area contributed by atoms with Gasteiger partial charge in [0.1, 0.15) is 11.5 Å². The molecule has 88 valence electrons. The Labute approximate surface area is 112 Å². The molecule has 0 heterocycles. The van der Waals surface area contributed by atoms with Crippen molar-refractivity contribution < 1.29 is 21.2 Å². The van der Waals surface area contributed by atoms with E-state index in [-0.39, 0.29) is 11.1 Å². The Morgan fingerprint density at radius 1 is 0.765 bits per heavy atom. The SMILES string of the molecule is [2H]c1c([2H])c(C(C)(C)c2c([2H])c([2H])c(O)c([2H])c2[2H])c([2H])c([2H])c1O. The fraction of sp³-hybridized carbons (Fsp3) is 0.200. The largest absolute Gasteiger partial charge is 0.508 e. The van der Waals surface area contributed by atoms with Gasteiger partial charge in [-0.25, -0.2) is 0 Å². The van der Waals surface area contributed by atoms with Crippen LogP contribution in [0, 0.1) is 0 Å². The van der Waals surface area contributed by atoms with Crippen LogP contribution in [-0.4, -0.2) is 10.2 Å². The fourth-order valence-electron chi connectivity index (χ4n) is 1.36. The number of phenolic OH excluding ortho intramolecular Hbond substituents is 2. The summed E-state index contributed by atoms with van der Waals surface area (Å²) < 4.78 is 63.2. The predicted octanol–water partition coefficient (Wildman–Crippen LogP) is 3.42. The van der Waals surface area contributed by atoms with Gasteiger partial charge in [-0.3, -0.25) is 0 Å². The molecule has 0 saturated carbocycles. The normalized spacial score (nSPS) is 18.0. The summed E-state index contributed by atoms with van der Waals surface area (Å²) in [6.07, 6.45) is 0. The predicted molar refractivity (Wildman–Crippen MR) is 68.3 cm³/mol. The Morgan fingerprint density at radius 2 is 1.06 bits per heavy atom. The van der Waals surface area contributed by atoms with Crippen LogP contribution in [0.3, 0.4) is 0 Å². The highest BCUT2D eigenvalue weighted by atomic mass is 16.3. The highest BCUT2D eigenvalue weighted by Crippen LogP contribution is 2.32. The molecule has 2 nitrogen and oxygen atoms in total. The molecule has 0 unspecified atom stereocenters. The molecule has 0 atom stereocenters. The van der Waals surface area contributed by atoms with Gasteiger partial charge in [0.2, 0.25) is 0 Å². The van der Waals surface area contributed by atoms with E-state index < -0.39 is 65.3 Å². The second kappa shape index (κ2) is 4.13. The molecule has 2 aromatic carbocycles. The van der Waals surface area contributed by atoms with E-state index >= 15 is 0 Å². The monoisotopic (exact) mass is 236 g/mol. The van der Waals surface area contributed by atoms with Crippen LogP contribution in [0.15, 0.2) is 48.3 Å². The van der Waals surface area contributed by atoms with Crippen molar-refractivity contribution >= 4 is 0 Å². The molecule has 0 bridgehead atoms. The summed E-state index contributed by atoms with van der Waals surface area (Å²) in [7, 11) is 0. The van der Waals surface area contributed by atoms with Crippen LogP contribution >= 0.6 is 0 Å². The number of aromatic hydroxyl groups is 2. The minimum Gasteiger partial charge on any atom is -0.508 e. The van der Waals surface area contributed by atoms with E-state index in [1.54, 1.807) is 0 Å². The zero-order valence-corrected chi connectivity index (χ0v) is 9.39. The first kappa shape index (κ1) is 5.13. The fourth-order valence-corrected chi connectivity index (χ4v) is 1.36. The van der Waals surface area contributed by atoms with Gasteiger partial charge in [0.25, 0.3) is 0 Å². The molecule has 0 aromatic heterocycles. The van der Waals surface area contributed by atoms with Gasteiger partial charge in [-0.05, 0) is 35.3 Å². The van der Waals surface area contributed by atoms with Crippen LogP contribution in [0.2, 0.25) is 0 Å². The topological polar surface area (TPSA) is 40.5 Å². The van der Waals surface area contributed by atoms with Crippen molar-refractivity contribution in [1.82, 2.24) is 0 Å². The van der Waals surface area contributed by atoms with Gasteiger partial charge in [-0.15, -0.1) is 0 Å². The van der Waals surface area contributed by atoms with E-state index in [0.29, 0.717) is 0 Å². The molecule has 0 saturated heterocycles. The van der Waals surface area contributed by atoms with E-state index in [4.69, 9.17) is 11.0 Å². The van der Waals surface area contributed by atoms with Gasteiger partial charge in [0.05, 0.1) is 11.0 Å². The van der Waals surface area contributed by atoms with Gasteiger partial charge < -0.3 is 10.2 Å². The standard InChI is InChI=1S/C15H16O2/c1-15(2,11-3-7-13(16)8-4-11)12-5-9-14(17)10-6-12/h3-10,16-17H,1-2H3/i3D,4D,5D,6D,7D,8D,9D,10D.